The van der Waals surface area contributed by atoms with Gasteiger partial charge in [-0.3, -0.25) is 4.90 Å². The first-order chi connectivity index (χ1) is 14.3. The molecule has 0 spiro atoms. The first-order valence-corrected chi connectivity index (χ1v) is 11.3. The largest absolute Gasteiger partial charge is 0.494 e. The molecule has 1 aliphatic rings. The van der Waals surface area contributed by atoms with Gasteiger partial charge in [-0.2, -0.15) is 0 Å². The number of hydrogen-bond donors (Lipinski definition) is 1. The minimum Gasteiger partial charge on any atom is -0.494 e. The first-order valence-electron chi connectivity index (χ1n) is 10.5. The molecule has 1 saturated heterocycles. The molecule has 1 aliphatic heterocycles. The van der Waals surface area contributed by atoms with Gasteiger partial charge < -0.3 is 10.1 Å². The first kappa shape index (κ1) is 20.1. The monoisotopic (exact) mass is 407 g/mol. The van der Waals surface area contributed by atoms with Gasteiger partial charge in [-0.05, 0) is 68.2 Å². The lowest BCUT2D eigenvalue weighted by molar-refractivity contribution is 0.190. The molecule has 2 aromatic carbocycles. The maximum atomic E-state index is 5.52. The number of ether oxygens (including phenoxy) is 1. The normalized spacial score (nSPS) is 15.5. The van der Waals surface area contributed by atoms with Gasteiger partial charge in [-0.15, -0.1) is 11.3 Å². The minimum atomic E-state index is 0.583. The topological polar surface area (TPSA) is 37.4 Å². The molecular weight excluding hydrogens is 378 g/mol. The highest BCUT2D eigenvalue weighted by atomic mass is 32.1. The fourth-order valence-corrected chi connectivity index (χ4v) is 4.65. The van der Waals surface area contributed by atoms with Gasteiger partial charge in [-0.1, -0.05) is 30.3 Å². The summed E-state index contributed by atoms with van der Waals surface area (Å²) in [5.41, 5.74) is 2.61. The summed E-state index contributed by atoms with van der Waals surface area (Å²) in [5.74, 6) is 0.918. The van der Waals surface area contributed by atoms with Gasteiger partial charge in [0.2, 0.25) is 0 Å². The molecule has 1 fully saturated rings. The van der Waals surface area contributed by atoms with Crippen LogP contribution >= 0.6 is 11.3 Å². The van der Waals surface area contributed by atoms with E-state index < -0.39 is 0 Å². The fraction of sp³-hybridized carbons (Fsp3) is 0.375. The van der Waals surface area contributed by atoms with Crippen LogP contribution in [-0.2, 0) is 13.1 Å². The number of likely N-dealkylation sites (tertiary alicyclic amines) is 1. The van der Waals surface area contributed by atoms with Crippen molar-refractivity contribution in [1.29, 1.82) is 0 Å². The molecule has 5 heteroatoms. The Bertz CT molecular complexity index is 871. The van der Waals surface area contributed by atoms with E-state index in [2.05, 4.69) is 57.7 Å². The summed E-state index contributed by atoms with van der Waals surface area (Å²) in [5, 5.41) is 4.87. The highest BCUT2D eigenvalue weighted by molar-refractivity contribution is 7.15. The minimum absolute atomic E-state index is 0.583. The Morgan fingerprint density at radius 1 is 1.07 bits per heavy atom. The lowest BCUT2D eigenvalue weighted by Gasteiger charge is -2.32. The Morgan fingerprint density at radius 2 is 1.83 bits per heavy atom. The third kappa shape index (κ3) is 5.66. The molecule has 2 heterocycles. The van der Waals surface area contributed by atoms with Crippen molar-refractivity contribution < 1.29 is 4.74 Å². The van der Waals surface area contributed by atoms with E-state index in [9.17, 15) is 0 Å². The SMILES string of the molecule is CCOc1ccc(-c2cnc(CNC3CCN(Cc4ccccc4)CC3)s2)cc1. The molecule has 0 bridgehead atoms. The van der Waals surface area contributed by atoms with Gasteiger partial charge in [0.05, 0.1) is 11.5 Å². The summed E-state index contributed by atoms with van der Waals surface area (Å²) in [6, 6.07) is 19.6. The van der Waals surface area contributed by atoms with E-state index in [1.54, 1.807) is 11.3 Å². The van der Waals surface area contributed by atoms with E-state index in [4.69, 9.17) is 4.74 Å². The summed E-state index contributed by atoms with van der Waals surface area (Å²) in [4.78, 5) is 8.39. The van der Waals surface area contributed by atoms with E-state index in [1.165, 1.54) is 28.8 Å². The lowest BCUT2D eigenvalue weighted by atomic mass is 10.0. The number of rotatable bonds is 8. The van der Waals surface area contributed by atoms with Gasteiger partial charge in [-0.25, -0.2) is 4.98 Å². The van der Waals surface area contributed by atoms with Crippen LogP contribution in [0.25, 0.3) is 10.4 Å². The predicted octanol–water partition coefficient (Wildman–Crippen LogP) is 4.96. The Hall–Kier alpha value is -2.21. The molecule has 3 aromatic rings. The Morgan fingerprint density at radius 3 is 2.55 bits per heavy atom. The van der Waals surface area contributed by atoms with Crippen LogP contribution in [0.4, 0.5) is 0 Å². The number of benzene rings is 2. The molecule has 1 N–H and O–H groups in total. The second-order valence-corrected chi connectivity index (χ2v) is 8.61. The highest BCUT2D eigenvalue weighted by Crippen LogP contribution is 2.28. The Balaban J connectivity index is 1.23. The zero-order valence-corrected chi connectivity index (χ0v) is 17.8. The van der Waals surface area contributed by atoms with Crippen molar-refractivity contribution in [3.05, 3.63) is 71.4 Å². The molecule has 0 radical (unpaired) electrons. The summed E-state index contributed by atoms with van der Waals surface area (Å²) >= 11 is 1.77. The van der Waals surface area contributed by atoms with E-state index in [0.717, 1.165) is 36.9 Å². The van der Waals surface area contributed by atoms with Crippen LogP contribution in [0, 0.1) is 0 Å². The van der Waals surface area contributed by atoms with Crippen LogP contribution < -0.4 is 10.1 Å². The number of hydrogen-bond acceptors (Lipinski definition) is 5. The van der Waals surface area contributed by atoms with Crippen LogP contribution in [0.2, 0.25) is 0 Å². The highest BCUT2D eigenvalue weighted by Gasteiger charge is 2.19. The number of nitrogens with zero attached hydrogens (tertiary/aromatic N) is 2. The molecule has 29 heavy (non-hydrogen) atoms. The van der Waals surface area contributed by atoms with Crippen molar-refractivity contribution >= 4 is 11.3 Å². The van der Waals surface area contributed by atoms with E-state index in [0.29, 0.717) is 12.6 Å². The Labute approximate surface area is 177 Å². The van der Waals surface area contributed by atoms with Gasteiger partial charge in [0.15, 0.2) is 0 Å². The van der Waals surface area contributed by atoms with Crippen molar-refractivity contribution in [2.75, 3.05) is 19.7 Å². The second kappa shape index (κ2) is 10.0. The van der Waals surface area contributed by atoms with Crippen LogP contribution in [-0.4, -0.2) is 35.6 Å². The number of thiazole rings is 1. The van der Waals surface area contributed by atoms with Crippen LogP contribution in [0.1, 0.15) is 30.3 Å². The number of aromatic nitrogens is 1. The Kier molecular flexibility index (Phi) is 6.93. The second-order valence-electron chi connectivity index (χ2n) is 7.49. The third-order valence-electron chi connectivity index (χ3n) is 5.38. The molecule has 0 aliphatic carbocycles. The molecule has 0 unspecified atom stereocenters. The summed E-state index contributed by atoms with van der Waals surface area (Å²) < 4.78 is 5.52. The van der Waals surface area contributed by atoms with Crippen molar-refractivity contribution in [3.63, 3.8) is 0 Å². The molecule has 4 nitrogen and oxygen atoms in total. The summed E-state index contributed by atoms with van der Waals surface area (Å²) in [6.45, 7) is 6.92. The van der Waals surface area contributed by atoms with Crippen molar-refractivity contribution in [3.8, 4) is 16.2 Å². The lowest BCUT2D eigenvalue weighted by Crippen LogP contribution is -2.41. The molecule has 152 valence electrons. The zero-order chi connectivity index (χ0) is 19.9. The van der Waals surface area contributed by atoms with Crippen LogP contribution in [0.3, 0.4) is 0 Å². The van der Waals surface area contributed by atoms with Gasteiger partial charge >= 0.3 is 0 Å². The smallest absolute Gasteiger partial charge is 0.119 e. The molecule has 4 rings (SSSR count). The predicted molar refractivity (Wildman–Crippen MR) is 120 cm³/mol. The fourth-order valence-electron chi connectivity index (χ4n) is 3.78. The quantitative estimate of drug-likeness (QED) is 0.572. The summed E-state index contributed by atoms with van der Waals surface area (Å²) in [6.07, 6.45) is 4.38. The van der Waals surface area contributed by atoms with Crippen molar-refractivity contribution in [2.24, 2.45) is 0 Å². The molecule has 0 atom stereocenters. The van der Waals surface area contributed by atoms with E-state index in [-0.39, 0.29) is 0 Å². The maximum Gasteiger partial charge on any atom is 0.119 e. The summed E-state index contributed by atoms with van der Waals surface area (Å²) in [7, 11) is 0. The van der Waals surface area contributed by atoms with Gasteiger partial charge in [0.1, 0.15) is 10.8 Å². The molecule has 0 amide bonds. The van der Waals surface area contributed by atoms with Crippen LogP contribution in [0.5, 0.6) is 5.75 Å². The molecular formula is C24H29N3OS. The van der Waals surface area contributed by atoms with Crippen molar-refractivity contribution in [1.82, 2.24) is 15.2 Å². The molecule has 0 saturated carbocycles. The van der Waals surface area contributed by atoms with Crippen LogP contribution in [0.15, 0.2) is 60.8 Å². The van der Waals surface area contributed by atoms with E-state index >= 15 is 0 Å². The maximum absolute atomic E-state index is 5.52. The molecule has 1 aromatic heterocycles. The van der Waals surface area contributed by atoms with Gasteiger partial charge in [0, 0.05) is 25.3 Å². The number of nitrogens with one attached hydrogen (secondary N) is 1. The van der Waals surface area contributed by atoms with E-state index in [1.807, 2.05) is 25.3 Å². The van der Waals surface area contributed by atoms with Crippen molar-refractivity contribution in [2.45, 2.75) is 38.9 Å². The standard InChI is InChI=1S/C24H29N3OS/c1-2-28-22-10-8-20(9-11-22)23-16-26-24(29-23)17-25-21-12-14-27(15-13-21)18-19-6-4-3-5-7-19/h3-11,16,21,25H,2,12-15,17-18H2,1H3. The third-order valence-corrected chi connectivity index (χ3v) is 6.43. The van der Waals surface area contributed by atoms with Gasteiger partial charge in [0.25, 0.3) is 0 Å². The average molecular weight is 408 g/mol. The average Bonchev–Trinajstić information content (AvgIpc) is 3.24. The zero-order valence-electron chi connectivity index (χ0n) is 17.0. The number of piperidine rings is 1.